The molecule has 1 aliphatic rings. The largest absolute Gasteiger partial charge is 1.00 e. The Kier molecular flexibility index (Phi) is 4.74. The van der Waals surface area contributed by atoms with E-state index in [9.17, 15) is 4.79 Å². The van der Waals surface area contributed by atoms with Crippen molar-refractivity contribution in [3.63, 3.8) is 0 Å². The van der Waals surface area contributed by atoms with Gasteiger partial charge in [-0.3, -0.25) is 0 Å². The number of anilines is 1. The number of benzene rings is 1. The summed E-state index contributed by atoms with van der Waals surface area (Å²) < 4.78 is 2.13. The average molecular weight is 394 g/mol. The molecule has 7 heteroatoms. The molecule has 0 saturated carbocycles. The van der Waals surface area contributed by atoms with E-state index in [-0.39, 0.29) is 22.9 Å². The number of amides is 1. The predicted octanol–water partition coefficient (Wildman–Crippen LogP) is 0.380. The molecule has 1 aromatic carbocycles. The van der Waals surface area contributed by atoms with Crippen LogP contribution in [0.15, 0.2) is 23.6 Å². The maximum atomic E-state index is 11.5. The third kappa shape index (κ3) is 2.60. The first-order chi connectivity index (χ1) is 9.08. The second kappa shape index (κ2) is 6.02. The monoisotopic (exact) mass is 392 g/mol. The van der Waals surface area contributed by atoms with Crippen LogP contribution in [0.25, 0.3) is 11.3 Å². The van der Waals surface area contributed by atoms with E-state index in [1.807, 2.05) is 17.5 Å². The molecule has 1 aliphatic heterocycles. The molecule has 0 atom stereocenters. The molecule has 106 valence electrons. The summed E-state index contributed by atoms with van der Waals surface area (Å²) >= 11 is 13.7. The van der Waals surface area contributed by atoms with Crippen LogP contribution in [0, 0.1) is 0 Å². The first kappa shape index (κ1) is 15.8. The number of fused-ring (bicyclic) bond motifs is 1. The lowest BCUT2D eigenvalue weighted by atomic mass is 10.2. The molecule has 3 rings (SSSR count). The van der Waals surface area contributed by atoms with Gasteiger partial charge in [0.15, 0.2) is 0 Å². The van der Waals surface area contributed by atoms with Gasteiger partial charge in [0.2, 0.25) is 0 Å². The fraction of sp³-hybridized carbons (Fsp3) is 0.231. The summed E-state index contributed by atoms with van der Waals surface area (Å²) in [7, 11) is 0. The molecule has 0 aliphatic carbocycles. The number of hydrogen-bond donors (Lipinski definition) is 0. The number of hydrogen-bond acceptors (Lipinski definition) is 2. The molecule has 0 fully saturated rings. The standard InChI is InChI=1S/C13H11Cl2N2OS.BrH/c1-8(18)16-4-5-17-12(7-19-13(16)17)10-3-2-9(14)6-11(10)15;/h2-3,6-7H,4-5H2,1H3;1H/q+1;/p-1. The Bertz CT molecular complexity index is 674. The molecule has 1 aromatic heterocycles. The molecular formula is C13H11BrCl2N2OS. The van der Waals surface area contributed by atoms with Crippen LogP contribution in [-0.2, 0) is 11.3 Å². The van der Waals surface area contributed by atoms with Gasteiger partial charge in [-0.25, -0.2) is 9.36 Å². The summed E-state index contributed by atoms with van der Waals surface area (Å²) in [5.41, 5.74) is 1.98. The minimum Gasteiger partial charge on any atom is -1.00 e. The maximum Gasteiger partial charge on any atom is 0.344 e. The summed E-state index contributed by atoms with van der Waals surface area (Å²) in [6.45, 7) is 3.11. The summed E-state index contributed by atoms with van der Waals surface area (Å²) in [6, 6.07) is 5.47. The predicted molar refractivity (Wildman–Crippen MR) is 78.0 cm³/mol. The van der Waals surface area contributed by atoms with E-state index in [1.165, 1.54) is 0 Å². The third-order valence-corrected chi connectivity index (χ3v) is 4.70. The molecule has 0 bridgehead atoms. The van der Waals surface area contributed by atoms with E-state index < -0.39 is 0 Å². The van der Waals surface area contributed by atoms with Gasteiger partial charge in [0.05, 0.1) is 5.02 Å². The molecule has 2 heterocycles. The summed E-state index contributed by atoms with van der Waals surface area (Å²) in [6.07, 6.45) is 0. The van der Waals surface area contributed by atoms with Crippen LogP contribution in [0.2, 0.25) is 10.0 Å². The van der Waals surface area contributed by atoms with Crippen LogP contribution < -0.4 is 26.4 Å². The van der Waals surface area contributed by atoms with Crippen molar-refractivity contribution in [2.24, 2.45) is 0 Å². The first-order valence-electron chi connectivity index (χ1n) is 5.83. The number of aromatic nitrogens is 1. The van der Waals surface area contributed by atoms with Crippen LogP contribution >= 0.6 is 34.5 Å². The van der Waals surface area contributed by atoms with Crippen molar-refractivity contribution in [3.05, 3.63) is 33.6 Å². The van der Waals surface area contributed by atoms with Crippen LogP contribution in [-0.4, -0.2) is 12.5 Å². The number of carbonyl (C=O) groups is 1. The fourth-order valence-electron chi connectivity index (χ4n) is 2.26. The lowest BCUT2D eigenvalue weighted by molar-refractivity contribution is -0.655. The zero-order valence-electron chi connectivity index (χ0n) is 10.6. The Balaban J connectivity index is 0.00000147. The van der Waals surface area contributed by atoms with Gasteiger partial charge in [0, 0.05) is 22.9 Å². The Morgan fingerprint density at radius 2 is 2.15 bits per heavy atom. The van der Waals surface area contributed by atoms with E-state index >= 15 is 0 Å². The minimum absolute atomic E-state index is 0. The van der Waals surface area contributed by atoms with Crippen LogP contribution in [0.4, 0.5) is 5.13 Å². The molecule has 20 heavy (non-hydrogen) atoms. The van der Waals surface area contributed by atoms with Gasteiger partial charge in [-0.1, -0.05) is 34.5 Å². The number of nitrogens with zero attached hydrogens (tertiary/aromatic N) is 2. The second-order valence-corrected chi connectivity index (χ2v) is 6.03. The number of halogens is 3. The maximum absolute atomic E-state index is 11.5. The SMILES string of the molecule is CC(=O)N1CC[n+]2c(-c3ccc(Cl)cc3Cl)csc21.[Br-]. The van der Waals surface area contributed by atoms with E-state index in [0.29, 0.717) is 10.0 Å². The van der Waals surface area contributed by atoms with Gasteiger partial charge in [0.1, 0.15) is 18.8 Å². The molecule has 2 aromatic rings. The van der Waals surface area contributed by atoms with E-state index in [1.54, 1.807) is 29.2 Å². The number of carbonyl (C=O) groups excluding carboxylic acids is 1. The Morgan fingerprint density at radius 3 is 2.80 bits per heavy atom. The molecule has 0 unspecified atom stereocenters. The summed E-state index contributed by atoms with van der Waals surface area (Å²) in [5, 5.41) is 4.24. The van der Waals surface area contributed by atoms with Crippen molar-refractivity contribution < 1.29 is 26.3 Å². The fourth-order valence-corrected chi connectivity index (χ4v) is 3.90. The third-order valence-electron chi connectivity index (χ3n) is 3.16. The highest BCUT2D eigenvalue weighted by Gasteiger charge is 2.35. The van der Waals surface area contributed by atoms with Crippen molar-refractivity contribution >= 4 is 45.6 Å². The molecule has 3 nitrogen and oxygen atoms in total. The first-order valence-corrected chi connectivity index (χ1v) is 7.46. The molecule has 0 radical (unpaired) electrons. The Hall–Kier alpha value is -0.620. The van der Waals surface area contributed by atoms with E-state index in [4.69, 9.17) is 23.2 Å². The quantitative estimate of drug-likeness (QED) is 0.643. The number of thiazole rings is 1. The Labute approximate surface area is 141 Å². The summed E-state index contributed by atoms with van der Waals surface area (Å²) in [5.74, 6) is 0.0712. The zero-order valence-corrected chi connectivity index (χ0v) is 14.5. The van der Waals surface area contributed by atoms with Crippen molar-refractivity contribution in [2.75, 3.05) is 11.4 Å². The van der Waals surface area contributed by atoms with Crippen LogP contribution in [0.1, 0.15) is 6.92 Å². The van der Waals surface area contributed by atoms with Gasteiger partial charge in [-0.05, 0) is 18.2 Å². The smallest absolute Gasteiger partial charge is 0.344 e. The number of rotatable bonds is 1. The van der Waals surface area contributed by atoms with Crippen LogP contribution in [0.5, 0.6) is 0 Å². The van der Waals surface area contributed by atoms with Crippen molar-refractivity contribution in [1.29, 1.82) is 0 Å². The van der Waals surface area contributed by atoms with Crippen LogP contribution in [0.3, 0.4) is 0 Å². The van der Waals surface area contributed by atoms with Gasteiger partial charge in [0.25, 0.3) is 0 Å². The lowest BCUT2D eigenvalue weighted by Crippen LogP contribution is -3.00. The minimum atomic E-state index is 0. The molecule has 0 N–H and O–H groups in total. The van der Waals surface area contributed by atoms with Gasteiger partial charge in [-0.2, -0.15) is 4.90 Å². The lowest BCUT2D eigenvalue weighted by Gasteiger charge is -2.02. The highest BCUT2D eigenvalue weighted by atomic mass is 79.9. The van der Waals surface area contributed by atoms with Gasteiger partial charge < -0.3 is 17.0 Å². The summed E-state index contributed by atoms with van der Waals surface area (Å²) in [4.78, 5) is 13.3. The topological polar surface area (TPSA) is 24.2 Å². The second-order valence-electron chi connectivity index (χ2n) is 4.35. The van der Waals surface area contributed by atoms with Gasteiger partial charge >= 0.3 is 11.0 Å². The van der Waals surface area contributed by atoms with Crippen molar-refractivity contribution in [3.8, 4) is 11.3 Å². The zero-order chi connectivity index (χ0) is 13.6. The van der Waals surface area contributed by atoms with Crippen molar-refractivity contribution in [1.82, 2.24) is 0 Å². The molecule has 0 spiro atoms. The average Bonchev–Trinajstić information content (AvgIpc) is 2.90. The van der Waals surface area contributed by atoms with Gasteiger partial charge in [-0.15, -0.1) is 0 Å². The van der Waals surface area contributed by atoms with E-state index in [2.05, 4.69) is 4.57 Å². The molecular weight excluding hydrogens is 383 g/mol. The molecule has 0 saturated heterocycles. The molecule has 1 amide bonds. The normalized spacial score (nSPS) is 13.1. The van der Waals surface area contributed by atoms with Crippen molar-refractivity contribution in [2.45, 2.75) is 13.5 Å². The highest BCUT2D eigenvalue weighted by molar-refractivity contribution is 7.13. The Morgan fingerprint density at radius 1 is 1.40 bits per heavy atom. The van der Waals surface area contributed by atoms with E-state index in [0.717, 1.165) is 29.5 Å². The highest BCUT2D eigenvalue weighted by Crippen LogP contribution is 2.33.